The van der Waals surface area contributed by atoms with Gasteiger partial charge in [-0.05, 0) is 18.6 Å². The quantitative estimate of drug-likeness (QED) is 0.790. The SMILES string of the molecule is CCCc1nc(-c2ccnc3ccccc23)sc1C(=O)O. The van der Waals surface area contributed by atoms with Crippen molar-refractivity contribution in [3.63, 3.8) is 0 Å². The third-order valence-corrected chi connectivity index (χ3v) is 4.38. The van der Waals surface area contributed by atoms with Crippen LogP contribution in [0.15, 0.2) is 36.5 Å². The number of aromatic nitrogens is 2. The van der Waals surface area contributed by atoms with Crippen molar-refractivity contribution in [3.8, 4) is 10.6 Å². The molecule has 0 bridgehead atoms. The highest BCUT2D eigenvalue weighted by Gasteiger charge is 2.18. The molecule has 0 aliphatic carbocycles. The van der Waals surface area contributed by atoms with E-state index in [1.54, 1.807) is 6.20 Å². The fourth-order valence-corrected chi connectivity index (χ4v) is 3.31. The lowest BCUT2D eigenvalue weighted by atomic mass is 10.1. The van der Waals surface area contributed by atoms with Gasteiger partial charge < -0.3 is 5.11 Å². The van der Waals surface area contributed by atoms with Crippen LogP contribution in [0.25, 0.3) is 21.5 Å². The molecule has 1 aromatic carbocycles. The van der Waals surface area contributed by atoms with E-state index in [4.69, 9.17) is 0 Å². The van der Waals surface area contributed by atoms with Crippen LogP contribution in [0, 0.1) is 0 Å². The maximum atomic E-state index is 11.4. The van der Waals surface area contributed by atoms with Crippen molar-refractivity contribution in [2.24, 2.45) is 0 Å². The normalized spacial score (nSPS) is 10.9. The Hall–Kier alpha value is -2.27. The van der Waals surface area contributed by atoms with E-state index in [1.807, 2.05) is 37.3 Å². The van der Waals surface area contributed by atoms with Gasteiger partial charge in [-0.1, -0.05) is 31.5 Å². The number of benzene rings is 1. The van der Waals surface area contributed by atoms with Crippen LogP contribution in [-0.4, -0.2) is 21.0 Å². The summed E-state index contributed by atoms with van der Waals surface area (Å²) in [5, 5.41) is 11.1. The number of aryl methyl sites for hydroxylation is 1. The largest absolute Gasteiger partial charge is 0.477 e. The number of carboxylic acid groups (broad SMARTS) is 1. The van der Waals surface area contributed by atoms with Gasteiger partial charge in [0.25, 0.3) is 0 Å². The van der Waals surface area contributed by atoms with Gasteiger partial charge in [0.05, 0.1) is 11.2 Å². The zero-order valence-corrected chi connectivity index (χ0v) is 12.4. The molecule has 2 heterocycles. The lowest BCUT2D eigenvalue weighted by Crippen LogP contribution is -1.98. The second-order valence-corrected chi connectivity index (χ2v) is 5.72. The molecular formula is C16H14N2O2S. The van der Waals surface area contributed by atoms with E-state index < -0.39 is 5.97 Å². The van der Waals surface area contributed by atoms with Gasteiger partial charge in [0.15, 0.2) is 0 Å². The van der Waals surface area contributed by atoms with Crippen LogP contribution in [-0.2, 0) is 6.42 Å². The average molecular weight is 298 g/mol. The van der Waals surface area contributed by atoms with E-state index in [0.29, 0.717) is 17.0 Å². The number of aromatic carboxylic acids is 1. The number of carbonyl (C=O) groups is 1. The minimum Gasteiger partial charge on any atom is -0.477 e. The predicted octanol–water partition coefficient (Wildman–Crippen LogP) is 4.01. The van der Waals surface area contributed by atoms with Crippen LogP contribution in [0.4, 0.5) is 0 Å². The van der Waals surface area contributed by atoms with E-state index in [0.717, 1.165) is 27.9 Å². The molecule has 0 saturated carbocycles. The Bertz CT molecular complexity index is 806. The molecule has 0 aliphatic heterocycles. The highest BCUT2D eigenvalue weighted by molar-refractivity contribution is 7.17. The summed E-state index contributed by atoms with van der Waals surface area (Å²) in [7, 11) is 0. The molecule has 21 heavy (non-hydrogen) atoms. The van der Waals surface area contributed by atoms with Gasteiger partial charge in [-0.25, -0.2) is 9.78 Å². The first-order valence-electron chi connectivity index (χ1n) is 6.78. The first-order chi connectivity index (χ1) is 10.2. The van der Waals surface area contributed by atoms with Crippen LogP contribution < -0.4 is 0 Å². The number of rotatable bonds is 4. The summed E-state index contributed by atoms with van der Waals surface area (Å²) >= 11 is 1.24. The minimum atomic E-state index is -0.902. The topological polar surface area (TPSA) is 63.1 Å². The molecule has 106 valence electrons. The third-order valence-electron chi connectivity index (χ3n) is 3.26. The molecule has 2 aromatic heterocycles. The van der Waals surface area contributed by atoms with E-state index in [1.165, 1.54) is 11.3 Å². The highest BCUT2D eigenvalue weighted by atomic mass is 32.1. The summed E-state index contributed by atoms with van der Waals surface area (Å²) in [4.78, 5) is 20.6. The molecule has 5 heteroatoms. The summed E-state index contributed by atoms with van der Waals surface area (Å²) in [6.45, 7) is 2.02. The maximum absolute atomic E-state index is 11.4. The number of fused-ring (bicyclic) bond motifs is 1. The van der Waals surface area contributed by atoms with E-state index in [-0.39, 0.29) is 0 Å². The lowest BCUT2D eigenvalue weighted by Gasteiger charge is -2.02. The lowest BCUT2D eigenvalue weighted by molar-refractivity contribution is 0.0700. The second-order valence-electron chi connectivity index (χ2n) is 4.73. The van der Waals surface area contributed by atoms with E-state index in [9.17, 15) is 9.90 Å². The van der Waals surface area contributed by atoms with Crippen molar-refractivity contribution in [1.29, 1.82) is 0 Å². The van der Waals surface area contributed by atoms with Crippen LogP contribution in [0.3, 0.4) is 0 Å². The van der Waals surface area contributed by atoms with Gasteiger partial charge in [-0.3, -0.25) is 4.98 Å². The summed E-state index contributed by atoms with van der Waals surface area (Å²) < 4.78 is 0. The number of pyridine rings is 1. The standard InChI is InChI=1S/C16H14N2O2S/c1-2-5-13-14(16(19)20)21-15(18-13)11-8-9-17-12-7-4-3-6-10(11)12/h3-4,6-9H,2,5H2,1H3,(H,19,20). The number of hydrogen-bond acceptors (Lipinski definition) is 4. The van der Waals surface area contributed by atoms with Crippen molar-refractivity contribution >= 4 is 28.2 Å². The van der Waals surface area contributed by atoms with Crippen molar-refractivity contribution in [3.05, 3.63) is 47.1 Å². The molecule has 3 aromatic rings. The fourth-order valence-electron chi connectivity index (χ4n) is 2.32. The molecule has 1 N–H and O–H groups in total. The van der Waals surface area contributed by atoms with Gasteiger partial charge in [0.1, 0.15) is 9.88 Å². The Balaban J connectivity index is 2.19. The summed E-state index contributed by atoms with van der Waals surface area (Å²) in [6, 6.07) is 9.71. The van der Waals surface area contributed by atoms with Gasteiger partial charge in [0.2, 0.25) is 0 Å². The zero-order valence-electron chi connectivity index (χ0n) is 11.5. The van der Waals surface area contributed by atoms with Gasteiger partial charge >= 0.3 is 5.97 Å². The molecule has 0 spiro atoms. The number of thiazole rings is 1. The Morgan fingerprint density at radius 1 is 1.29 bits per heavy atom. The van der Waals surface area contributed by atoms with Crippen LogP contribution in [0.5, 0.6) is 0 Å². The fraction of sp³-hybridized carbons (Fsp3) is 0.188. The molecule has 0 fully saturated rings. The van der Waals surface area contributed by atoms with Crippen LogP contribution in [0.2, 0.25) is 0 Å². The number of nitrogens with zero attached hydrogens (tertiary/aromatic N) is 2. The van der Waals surface area contributed by atoms with Crippen LogP contribution >= 0.6 is 11.3 Å². The Morgan fingerprint density at radius 3 is 2.86 bits per heavy atom. The number of hydrogen-bond donors (Lipinski definition) is 1. The van der Waals surface area contributed by atoms with E-state index >= 15 is 0 Å². The molecule has 0 radical (unpaired) electrons. The molecule has 4 nitrogen and oxygen atoms in total. The minimum absolute atomic E-state index is 0.341. The van der Waals surface area contributed by atoms with E-state index in [2.05, 4.69) is 9.97 Å². The summed E-state index contributed by atoms with van der Waals surface area (Å²) in [5.41, 5.74) is 2.50. The van der Waals surface area contributed by atoms with Crippen molar-refractivity contribution in [2.75, 3.05) is 0 Å². The van der Waals surface area contributed by atoms with Crippen LogP contribution in [0.1, 0.15) is 28.7 Å². The molecule has 3 rings (SSSR count). The summed E-state index contributed by atoms with van der Waals surface area (Å²) in [6.07, 6.45) is 3.29. The van der Waals surface area contributed by atoms with Crippen molar-refractivity contribution in [1.82, 2.24) is 9.97 Å². The smallest absolute Gasteiger partial charge is 0.347 e. The Morgan fingerprint density at radius 2 is 2.10 bits per heavy atom. The Labute approximate surface area is 126 Å². The maximum Gasteiger partial charge on any atom is 0.347 e. The van der Waals surface area contributed by atoms with Gasteiger partial charge in [-0.15, -0.1) is 11.3 Å². The van der Waals surface area contributed by atoms with Crippen molar-refractivity contribution < 1.29 is 9.90 Å². The predicted molar refractivity (Wildman–Crippen MR) is 83.8 cm³/mol. The average Bonchev–Trinajstić information content (AvgIpc) is 2.91. The molecule has 0 atom stereocenters. The number of para-hydroxylation sites is 1. The van der Waals surface area contributed by atoms with Crippen molar-refractivity contribution in [2.45, 2.75) is 19.8 Å². The first-order valence-corrected chi connectivity index (χ1v) is 7.59. The number of carboxylic acids is 1. The Kier molecular flexibility index (Phi) is 3.66. The summed E-state index contributed by atoms with van der Waals surface area (Å²) in [5.74, 6) is -0.902. The monoisotopic (exact) mass is 298 g/mol. The first kappa shape index (κ1) is 13.7. The highest BCUT2D eigenvalue weighted by Crippen LogP contribution is 2.33. The zero-order chi connectivity index (χ0) is 14.8. The molecule has 0 amide bonds. The van der Waals surface area contributed by atoms with Gasteiger partial charge in [0, 0.05) is 17.1 Å². The molecular weight excluding hydrogens is 284 g/mol. The second kappa shape index (κ2) is 5.61. The molecule has 0 unspecified atom stereocenters. The molecule has 0 saturated heterocycles. The van der Waals surface area contributed by atoms with Gasteiger partial charge in [-0.2, -0.15) is 0 Å². The third kappa shape index (κ3) is 2.52. The molecule has 0 aliphatic rings.